The summed E-state index contributed by atoms with van der Waals surface area (Å²) in [6.07, 6.45) is 4.66. The molecule has 166 valence electrons. The quantitative estimate of drug-likeness (QED) is 0.218. The van der Waals surface area contributed by atoms with E-state index in [2.05, 4.69) is 9.84 Å². The molecular weight excluding hydrogens is 427 g/mol. The summed E-state index contributed by atoms with van der Waals surface area (Å²) in [4.78, 5) is 9.27. The van der Waals surface area contributed by atoms with Crippen LogP contribution in [-0.2, 0) is 22.1 Å². The molecule has 1 atom stereocenters. The Hall–Kier alpha value is -1.24. The van der Waals surface area contributed by atoms with Gasteiger partial charge in [-0.3, -0.25) is 4.57 Å². The van der Waals surface area contributed by atoms with Crippen LogP contribution >= 0.6 is 20.0 Å². The molecule has 0 aromatic heterocycles. The molecule has 0 heterocycles. The highest BCUT2D eigenvalue weighted by Gasteiger charge is 2.08. The molecule has 0 bridgehead atoms. The van der Waals surface area contributed by atoms with Crippen LogP contribution in [0.1, 0.15) is 42.4 Å². The number of rotatable bonds is 14. The van der Waals surface area contributed by atoms with Crippen molar-refractivity contribution in [1.82, 2.24) is 5.32 Å². The molecule has 0 spiro atoms. The number of halogens is 2. The fourth-order valence-electron chi connectivity index (χ4n) is 3.02. The molecular formula is C22H30F2NO3PS. The Balaban J connectivity index is 1.65. The molecule has 1 unspecified atom stereocenters. The third-order valence-corrected chi connectivity index (χ3v) is 6.28. The van der Waals surface area contributed by atoms with Crippen molar-refractivity contribution in [3.8, 4) is 0 Å². The van der Waals surface area contributed by atoms with Gasteiger partial charge in [-0.1, -0.05) is 18.6 Å². The first-order valence-corrected chi connectivity index (χ1v) is 12.4. The van der Waals surface area contributed by atoms with E-state index in [9.17, 15) is 13.3 Å². The van der Waals surface area contributed by atoms with Crippen molar-refractivity contribution >= 4 is 20.0 Å². The van der Waals surface area contributed by atoms with E-state index >= 15 is 0 Å². The lowest BCUT2D eigenvalue weighted by Gasteiger charge is -2.11. The van der Waals surface area contributed by atoms with E-state index in [-0.39, 0.29) is 18.2 Å². The van der Waals surface area contributed by atoms with Gasteiger partial charge in [0.15, 0.2) is 0 Å². The second kappa shape index (κ2) is 13.9. The van der Waals surface area contributed by atoms with Gasteiger partial charge in [-0.2, -0.15) is 0 Å². The minimum Gasteiger partial charge on any atom is -0.326 e. The van der Waals surface area contributed by atoms with Crippen molar-refractivity contribution < 1.29 is 22.8 Å². The van der Waals surface area contributed by atoms with Crippen LogP contribution in [0.5, 0.6) is 0 Å². The molecule has 0 saturated heterocycles. The molecule has 0 saturated carbocycles. The summed E-state index contributed by atoms with van der Waals surface area (Å²) in [5, 5.41) is 3.20. The molecule has 2 aromatic carbocycles. The van der Waals surface area contributed by atoms with Gasteiger partial charge in [-0.15, -0.1) is 11.8 Å². The standard InChI is InChI=1S/C22H30F2NO3PS/c1-17-14-22(21(24)15-19(17)16-25-11-5-12-28-29(26)27)30-13-4-2-3-6-18-7-9-20(23)10-8-18/h7-10,14-15,25,29H,2-6,11-13,16H2,1H3,(H,26,27). The molecule has 4 nitrogen and oxygen atoms in total. The highest BCUT2D eigenvalue weighted by Crippen LogP contribution is 2.26. The lowest BCUT2D eigenvalue weighted by molar-refractivity contribution is 0.276. The Morgan fingerprint density at radius 2 is 1.87 bits per heavy atom. The van der Waals surface area contributed by atoms with E-state index in [1.165, 1.54) is 12.1 Å². The molecule has 0 aliphatic rings. The summed E-state index contributed by atoms with van der Waals surface area (Å²) in [7, 11) is -2.86. The summed E-state index contributed by atoms with van der Waals surface area (Å²) < 4.78 is 42.4. The Bertz CT molecular complexity index is 806. The van der Waals surface area contributed by atoms with E-state index < -0.39 is 8.25 Å². The van der Waals surface area contributed by atoms with E-state index in [0.717, 1.165) is 48.1 Å². The highest BCUT2D eigenvalue weighted by molar-refractivity contribution is 7.99. The molecule has 2 aromatic rings. The molecule has 0 aliphatic heterocycles. The van der Waals surface area contributed by atoms with Gasteiger partial charge in [-0.05, 0) is 85.9 Å². The predicted molar refractivity (Wildman–Crippen MR) is 119 cm³/mol. The van der Waals surface area contributed by atoms with Crippen molar-refractivity contribution in [3.05, 3.63) is 64.7 Å². The summed E-state index contributed by atoms with van der Waals surface area (Å²) in [5.41, 5.74) is 3.10. The summed E-state index contributed by atoms with van der Waals surface area (Å²) in [5.74, 6) is 0.461. The smallest absolute Gasteiger partial charge is 0.316 e. The molecule has 0 radical (unpaired) electrons. The summed E-state index contributed by atoms with van der Waals surface area (Å²) >= 11 is 1.54. The van der Waals surface area contributed by atoms with Gasteiger partial charge in [0.1, 0.15) is 11.6 Å². The maximum Gasteiger partial charge on any atom is 0.316 e. The lowest BCUT2D eigenvalue weighted by atomic mass is 10.1. The van der Waals surface area contributed by atoms with Crippen LogP contribution in [-0.4, -0.2) is 23.8 Å². The number of thioether (sulfide) groups is 1. The largest absolute Gasteiger partial charge is 0.326 e. The molecule has 0 fully saturated rings. The third-order valence-electron chi connectivity index (χ3n) is 4.71. The van der Waals surface area contributed by atoms with Crippen LogP contribution in [0, 0.1) is 18.6 Å². The SMILES string of the molecule is Cc1cc(SCCCCCc2ccc(F)cc2)c(F)cc1CNCCCO[PH](=O)O. The Morgan fingerprint density at radius 3 is 2.60 bits per heavy atom. The summed E-state index contributed by atoms with van der Waals surface area (Å²) in [6.45, 7) is 3.38. The second-order valence-electron chi connectivity index (χ2n) is 7.14. The van der Waals surface area contributed by atoms with E-state index in [1.54, 1.807) is 17.8 Å². The highest BCUT2D eigenvalue weighted by atomic mass is 32.2. The van der Waals surface area contributed by atoms with Crippen molar-refractivity contribution in [3.63, 3.8) is 0 Å². The van der Waals surface area contributed by atoms with Crippen LogP contribution in [0.2, 0.25) is 0 Å². The van der Waals surface area contributed by atoms with Gasteiger partial charge in [0.25, 0.3) is 0 Å². The van der Waals surface area contributed by atoms with Gasteiger partial charge < -0.3 is 14.7 Å². The number of aryl methyl sites for hydroxylation is 2. The van der Waals surface area contributed by atoms with Crippen LogP contribution in [0.4, 0.5) is 8.78 Å². The van der Waals surface area contributed by atoms with Crippen LogP contribution in [0.3, 0.4) is 0 Å². The number of nitrogens with one attached hydrogen (secondary N) is 1. The molecule has 2 rings (SSSR count). The second-order valence-corrected chi connectivity index (χ2v) is 9.10. The van der Waals surface area contributed by atoms with Crippen molar-refractivity contribution in [2.24, 2.45) is 0 Å². The number of benzene rings is 2. The first kappa shape index (κ1) is 25.0. The molecule has 2 N–H and O–H groups in total. The predicted octanol–water partition coefficient (Wildman–Crippen LogP) is 5.66. The molecule has 0 amide bonds. The zero-order valence-corrected chi connectivity index (χ0v) is 19.1. The normalized spacial score (nSPS) is 12.3. The first-order valence-electron chi connectivity index (χ1n) is 10.2. The van der Waals surface area contributed by atoms with Crippen LogP contribution in [0.25, 0.3) is 0 Å². The fourth-order valence-corrected chi connectivity index (χ4v) is 4.36. The topological polar surface area (TPSA) is 58.6 Å². The molecule has 0 aliphatic carbocycles. The Kier molecular flexibility index (Phi) is 11.6. The van der Waals surface area contributed by atoms with Gasteiger partial charge in [0.05, 0.1) is 6.61 Å². The van der Waals surface area contributed by atoms with Gasteiger partial charge in [0, 0.05) is 11.4 Å². The number of unbranched alkanes of at least 4 members (excludes halogenated alkanes) is 2. The average Bonchev–Trinajstić information content (AvgIpc) is 2.71. The lowest BCUT2D eigenvalue weighted by Crippen LogP contribution is -2.16. The monoisotopic (exact) mass is 457 g/mol. The Labute approximate surface area is 182 Å². The third kappa shape index (κ3) is 9.71. The minimum atomic E-state index is -2.86. The van der Waals surface area contributed by atoms with E-state index in [1.807, 2.05) is 25.1 Å². The van der Waals surface area contributed by atoms with Gasteiger partial charge in [0.2, 0.25) is 0 Å². The van der Waals surface area contributed by atoms with Crippen molar-refractivity contribution in [2.45, 2.75) is 50.5 Å². The Morgan fingerprint density at radius 1 is 1.10 bits per heavy atom. The zero-order chi connectivity index (χ0) is 21.8. The maximum atomic E-state index is 14.4. The average molecular weight is 458 g/mol. The van der Waals surface area contributed by atoms with E-state index in [0.29, 0.717) is 24.4 Å². The number of hydrogen-bond acceptors (Lipinski definition) is 4. The van der Waals surface area contributed by atoms with Crippen molar-refractivity contribution in [1.29, 1.82) is 0 Å². The minimum absolute atomic E-state index is 0.198. The van der Waals surface area contributed by atoms with Gasteiger partial charge in [-0.25, -0.2) is 8.78 Å². The van der Waals surface area contributed by atoms with Crippen molar-refractivity contribution in [2.75, 3.05) is 18.9 Å². The van der Waals surface area contributed by atoms with E-state index in [4.69, 9.17) is 4.89 Å². The first-order chi connectivity index (χ1) is 14.5. The summed E-state index contributed by atoms with van der Waals surface area (Å²) in [6, 6.07) is 10.1. The molecule has 30 heavy (non-hydrogen) atoms. The fraction of sp³-hybridized carbons (Fsp3) is 0.455. The van der Waals surface area contributed by atoms with Crippen LogP contribution < -0.4 is 5.32 Å². The van der Waals surface area contributed by atoms with Gasteiger partial charge >= 0.3 is 8.25 Å². The zero-order valence-electron chi connectivity index (χ0n) is 17.3. The molecule has 8 heteroatoms. The van der Waals surface area contributed by atoms with Crippen LogP contribution in [0.15, 0.2) is 41.3 Å². The maximum absolute atomic E-state index is 14.4. The number of hydrogen-bond donors (Lipinski definition) is 2.